The fourth-order valence-corrected chi connectivity index (χ4v) is 2.63. The molecule has 0 aliphatic carbocycles. The molecule has 3 aromatic rings. The van der Waals surface area contributed by atoms with Crippen molar-refractivity contribution in [2.75, 3.05) is 5.32 Å². The van der Waals surface area contributed by atoms with E-state index in [9.17, 15) is 13.2 Å². The normalized spacial score (nSPS) is 11.3. The van der Waals surface area contributed by atoms with Crippen LogP contribution in [0, 0.1) is 6.92 Å². The van der Waals surface area contributed by atoms with Crippen LogP contribution < -0.4 is 10.5 Å². The largest absolute Gasteiger partial charge is 0.321 e. The van der Waals surface area contributed by atoms with Gasteiger partial charge in [0.2, 0.25) is 10.0 Å². The molecule has 9 nitrogen and oxygen atoms in total. The van der Waals surface area contributed by atoms with Crippen molar-refractivity contribution >= 4 is 21.6 Å². The van der Waals surface area contributed by atoms with Crippen molar-refractivity contribution in [1.29, 1.82) is 0 Å². The maximum absolute atomic E-state index is 12.4. The number of nitrogens with one attached hydrogen (secondary N) is 1. The number of hydrogen-bond acceptors (Lipinski definition) is 6. The van der Waals surface area contributed by atoms with E-state index in [2.05, 4.69) is 20.4 Å². The summed E-state index contributed by atoms with van der Waals surface area (Å²) in [5.74, 6) is 0.428. The van der Waals surface area contributed by atoms with Gasteiger partial charge in [-0.1, -0.05) is 0 Å². The topological polar surface area (TPSA) is 133 Å². The molecule has 0 radical (unpaired) electrons. The van der Waals surface area contributed by atoms with E-state index in [1.807, 2.05) is 0 Å². The third kappa shape index (κ3) is 3.87. The first kappa shape index (κ1) is 16.7. The van der Waals surface area contributed by atoms with Gasteiger partial charge in [0.05, 0.1) is 4.90 Å². The molecule has 128 valence electrons. The Morgan fingerprint density at radius 1 is 1.20 bits per heavy atom. The Morgan fingerprint density at radius 3 is 2.52 bits per heavy atom. The quantitative estimate of drug-likeness (QED) is 0.711. The fourth-order valence-electron chi connectivity index (χ4n) is 2.11. The molecule has 0 fully saturated rings. The number of rotatable bonds is 4. The van der Waals surface area contributed by atoms with Crippen LogP contribution in [0.15, 0.2) is 53.7 Å². The maximum atomic E-state index is 12.4. The van der Waals surface area contributed by atoms with Crippen LogP contribution in [0.5, 0.6) is 0 Å². The van der Waals surface area contributed by atoms with Gasteiger partial charge in [0, 0.05) is 24.1 Å². The predicted octanol–water partition coefficient (Wildman–Crippen LogP) is 0.870. The zero-order valence-electron chi connectivity index (χ0n) is 13.1. The Labute approximate surface area is 143 Å². The Balaban J connectivity index is 1.84. The average molecular weight is 358 g/mol. The molecule has 3 N–H and O–H groups in total. The van der Waals surface area contributed by atoms with Crippen molar-refractivity contribution in [3.8, 4) is 5.82 Å². The number of nitrogens with two attached hydrogens (primary N) is 1. The van der Waals surface area contributed by atoms with Crippen LogP contribution in [-0.2, 0) is 10.0 Å². The Bertz CT molecular complexity index is 1010. The number of carbonyl (C=O) groups is 1. The van der Waals surface area contributed by atoms with Crippen molar-refractivity contribution in [3.63, 3.8) is 0 Å². The van der Waals surface area contributed by atoms with Crippen LogP contribution in [0.1, 0.15) is 16.3 Å². The first-order valence-electron chi connectivity index (χ1n) is 7.13. The molecule has 25 heavy (non-hydrogen) atoms. The van der Waals surface area contributed by atoms with Gasteiger partial charge in [-0.15, -0.1) is 0 Å². The van der Waals surface area contributed by atoms with Crippen molar-refractivity contribution < 1.29 is 13.2 Å². The highest BCUT2D eigenvalue weighted by Gasteiger charge is 2.13. The molecule has 0 atom stereocenters. The molecule has 0 bridgehead atoms. The predicted molar refractivity (Wildman–Crippen MR) is 89.7 cm³/mol. The number of hydrogen-bond donors (Lipinski definition) is 2. The van der Waals surface area contributed by atoms with Gasteiger partial charge in [-0.2, -0.15) is 5.10 Å². The van der Waals surface area contributed by atoms with E-state index < -0.39 is 15.9 Å². The lowest BCUT2D eigenvalue weighted by Crippen LogP contribution is -2.16. The van der Waals surface area contributed by atoms with Gasteiger partial charge in [0.1, 0.15) is 11.5 Å². The molecule has 1 amide bonds. The van der Waals surface area contributed by atoms with E-state index in [4.69, 9.17) is 5.14 Å². The number of benzene rings is 1. The fraction of sp³-hybridized carbons (Fsp3) is 0.0667. The highest BCUT2D eigenvalue weighted by atomic mass is 32.2. The standard InChI is InChI=1S/C15H14N6O3S/c1-10-18-13(9-14(19-10)21-8-2-7-17-21)15(22)20-11-3-5-12(6-4-11)25(16,23)24/h2-9H,1H3,(H,20,22)(H2,16,23,24). The highest BCUT2D eigenvalue weighted by molar-refractivity contribution is 7.89. The zero-order chi connectivity index (χ0) is 18.0. The molecule has 2 heterocycles. The molecule has 0 saturated heterocycles. The van der Waals surface area contributed by atoms with Crippen LogP contribution in [0.3, 0.4) is 0 Å². The number of amides is 1. The lowest BCUT2D eigenvalue weighted by Gasteiger charge is -2.08. The van der Waals surface area contributed by atoms with E-state index in [-0.39, 0.29) is 10.6 Å². The number of sulfonamides is 1. The number of aryl methyl sites for hydroxylation is 1. The second kappa shape index (κ2) is 6.42. The summed E-state index contributed by atoms with van der Waals surface area (Å²) in [6.07, 6.45) is 3.31. The summed E-state index contributed by atoms with van der Waals surface area (Å²) in [6, 6.07) is 8.76. The number of nitrogens with zero attached hydrogens (tertiary/aromatic N) is 4. The first-order chi connectivity index (χ1) is 11.8. The molecule has 0 spiro atoms. The number of anilines is 1. The zero-order valence-corrected chi connectivity index (χ0v) is 13.9. The smallest absolute Gasteiger partial charge is 0.274 e. The van der Waals surface area contributed by atoms with Gasteiger partial charge < -0.3 is 5.32 Å². The molecule has 0 aliphatic heterocycles. The highest BCUT2D eigenvalue weighted by Crippen LogP contribution is 2.14. The summed E-state index contributed by atoms with van der Waals surface area (Å²) in [5, 5.41) is 11.8. The van der Waals surface area contributed by atoms with Gasteiger partial charge in [-0.3, -0.25) is 4.79 Å². The van der Waals surface area contributed by atoms with Crippen molar-refractivity contribution in [2.24, 2.45) is 5.14 Å². The monoisotopic (exact) mass is 358 g/mol. The molecule has 0 aliphatic rings. The van der Waals surface area contributed by atoms with Crippen LogP contribution in [0.2, 0.25) is 0 Å². The van der Waals surface area contributed by atoms with Gasteiger partial charge >= 0.3 is 0 Å². The van der Waals surface area contributed by atoms with Gasteiger partial charge in [-0.05, 0) is 37.3 Å². The molecule has 3 rings (SSSR count). The minimum absolute atomic E-state index is 0.0376. The van der Waals surface area contributed by atoms with E-state index >= 15 is 0 Å². The molecule has 10 heteroatoms. The minimum Gasteiger partial charge on any atom is -0.321 e. The van der Waals surface area contributed by atoms with Crippen molar-refractivity contribution in [3.05, 3.63) is 60.3 Å². The van der Waals surface area contributed by atoms with Crippen molar-refractivity contribution in [1.82, 2.24) is 19.7 Å². The third-order valence-corrected chi connectivity index (χ3v) is 4.17. The first-order valence-corrected chi connectivity index (χ1v) is 8.67. The summed E-state index contributed by atoms with van der Waals surface area (Å²) in [6.45, 7) is 1.67. The Morgan fingerprint density at radius 2 is 1.92 bits per heavy atom. The molecule has 1 aromatic carbocycles. The van der Waals surface area contributed by atoms with E-state index in [0.717, 1.165) is 0 Å². The van der Waals surface area contributed by atoms with Crippen LogP contribution >= 0.6 is 0 Å². The number of carbonyl (C=O) groups excluding carboxylic acids is 1. The lowest BCUT2D eigenvalue weighted by molar-refractivity contribution is 0.102. The second-order valence-electron chi connectivity index (χ2n) is 5.13. The molecule has 2 aromatic heterocycles. The average Bonchev–Trinajstić information content (AvgIpc) is 3.08. The summed E-state index contributed by atoms with van der Waals surface area (Å²) in [5.41, 5.74) is 0.572. The van der Waals surface area contributed by atoms with E-state index in [1.54, 1.807) is 25.4 Å². The van der Waals surface area contributed by atoms with Crippen LogP contribution in [0.25, 0.3) is 5.82 Å². The third-order valence-electron chi connectivity index (χ3n) is 3.24. The van der Waals surface area contributed by atoms with Gasteiger partial charge in [0.25, 0.3) is 5.91 Å². The number of primary sulfonamides is 1. The van der Waals surface area contributed by atoms with Crippen molar-refractivity contribution in [2.45, 2.75) is 11.8 Å². The lowest BCUT2D eigenvalue weighted by atomic mass is 10.3. The van der Waals surface area contributed by atoms with Crippen LogP contribution in [0.4, 0.5) is 5.69 Å². The van der Waals surface area contributed by atoms with E-state index in [0.29, 0.717) is 17.3 Å². The Kier molecular flexibility index (Phi) is 4.30. The summed E-state index contributed by atoms with van der Waals surface area (Å²) in [4.78, 5) is 20.7. The summed E-state index contributed by atoms with van der Waals surface area (Å²) in [7, 11) is -3.78. The van der Waals surface area contributed by atoms with Gasteiger partial charge in [-0.25, -0.2) is 28.2 Å². The van der Waals surface area contributed by atoms with E-state index in [1.165, 1.54) is 35.0 Å². The minimum atomic E-state index is -3.78. The SMILES string of the molecule is Cc1nc(C(=O)Nc2ccc(S(N)(=O)=O)cc2)cc(-n2cccn2)n1. The van der Waals surface area contributed by atoms with Crippen LogP contribution in [-0.4, -0.2) is 34.1 Å². The molecule has 0 saturated carbocycles. The van der Waals surface area contributed by atoms with Gasteiger partial charge in [0.15, 0.2) is 5.82 Å². The second-order valence-corrected chi connectivity index (χ2v) is 6.69. The maximum Gasteiger partial charge on any atom is 0.274 e. The molecular formula is C15H14N6O3S. The summed E-state index contributed by atoms with van der Waals surface area (Å²) < 4.78 is 24.0. The Hall–Kier alpha value is -3.11. The molecule has 0 unspecified atom stereocenters. The summed E-state index contributed by atoms with van der Waals surface area (Å²) >= 11 is 0. The number of aromatic nitrogens is 4. The molecular weight excluding hydrogens is 344 g/mol.